The molecule has 0 bridgehead atoms. The topological polar surface area (TPSA) is 23.8 Å². The van der Waals surface area contributed by atoms with Crippen LogP contribution in [0.25, 0.3) is 10.8 Å². The van der Waals surface area contributed by atoms with E-state index in [0.29, 0.717) is 5.56 Å². The first kappa shape index (κ1) is 8.28. The molecule has 2 rings (SSSR count). The summed E-state index contributed by atoms with van der Waals surface area (Å²) >= 11 is 3.37. The van der Waals surface area contributed by atoms with Crippen molar-refractivity contribution in [1.29, 1.82) is 5.26 Å². The lowest BCUT2D eigenvalue weighted by Crippen LogP contribution is -1.79. The van der Waals surface area contributed by atoms with E-state index in [2.05, 4.69) is 28.1 Å². The predicted molar refractivity (Wildman–Crippen MR) is 55.2 cm³/mol. The highest BCUT2D eigenvalue weighted by molar-refractivity contribution is 9.10. The van der Waals surface area contributed by atoms with Gasteiger partial charge in [0.05, 0.1) is 5.56 Å². The van der Waals surface area contributed by atoms with Gasteiger partial charge >= 0.3 is 0 Å². The molecule has 0 saturated carbocycles. The lowest BCUT2D eigenvalue weighted by atomic mass is 10.1. The van der Waals surface area contributed by atoms with Crippen LogP contribution in [0.5, 0.6) is 0 Å². The molecule has 1 nitrogen and oxygen atoms in total. The number of nitrogens with zero attached hydrogens (tertiary/aromatic N) is 1. The van der Waals surface area contributed by atoms with Gasteiger partial charge in [-0.05, 0) is 17.5 Å². The standard InChI is InChI=1S/C11H5BrN/c12-10-5-4-8-2-1-3-9(7-13)11(8)6-10/h1-2,4-6H. The van der Waals surface area contributed by atoms with Crippen LogP contribution in [0, 0.1) is 17.4 Å². The van der Waals surface area contributed by atoms with E-state index in [1.807, 2.05) is 24.3 Å². The number of benzene rings is 2. The number of hydrogen-bond donors (Lipinski definition) is 0. The number of hydrogen-bond acceptors (Lipinski definition) is 1. The van der Waals surface area contributed by atoms with Crippen molar-refractivity contribution in [2.24, 2.45) is 0 Å². The molecule has 2 aromatic rings. The first-order valence-electron chi connectivity index (χ1n) is 3.81. The number of halogens is 1. The van der Waals surface area contributed by atoms with Crippen LogP contribution in [0.2, 0.25) is 0 Å². The van der Waals surface area contributed by atoms with Crippen molar-refractivity contribution in [2.45, 2.75) is 0 Å². The Labute approximate surface area is 84.7 Å². The fourth-order valence-electron chi connectivity index (χ4n) is 1.28. The highest BCUT2D eigenvalue weighted by atomic mass is 79.9. The molecule has 0 heterocycles. The zero-order valence-electron chi connectivity index (χ0n) is 6.71. The van der Waals surface area contributed by atoms with E-state index in [-0.39, 0.29) is 0 Å². The third kappa shape index (κ3) is 1.43. The summed E-state index contributed by atoms with van der Waals surface area (Å²) < 4.78 is 0.983. The van der Waals surface area contributed by atoms with Gasteiger partial charge in [0.15, 0.2) is 0 Å². The van der Waals surface area contributed by atoms with Gasteiger partial charge in [-0.2, -0.15) is 5.26 Å². The summed E-state index contributed by atoms with van der Waals surface area (Å²) in [6, 6.07) is 14.6. The average Bonchev–Trinajstić information content (AvgIpc) is 2.17. The maximum Gasteiger partial charge on any atom is 0.100 e. The molecule has 0 aliphatic heterocycles. The molecule has 0 atom stereocenters. The van der Waals surface area contributed by atoms with E-state index < -0.39 is 0 Å². The molecule has 2 aromatic carbocycles. The normalized spacial score (nSPS) is 9.85. The fraction of sp³-hybridized carbons (Fsp3) is 0. The Morgan fingerprint density at radius 3 is 2.92 bits per heavy atom. The molecule has 13 heavy (non-hydrogen) atoms. The van der Waals surface area contributed by atoms with Gasteiger partial charge in [-0.1, -0.05) is 34.1 Å². The number of rotatable bonds is 0. The smallest absolute Gasteiger partial charge is 0.100 e. The van der Waals surface area contributed by atoms with Crippen LogP contribution in [0.3, 0.4) is 0 Å². The van der Waals surface area contributed by atoms with Crippen LogP contribution < -0.4 is 0 Å². The Morgan fingerprint density at radius 1 is 1.31 bits per heavy atom. The van der Waals surface area contributed by atoms with Crippen LogP contribution in [-0.4, -0.2) is 0 Å². The van der Waals surface area contributed by atoms with Gasteiger partial charge in [-0.3, -0.25) is 0 Å². The van der Waals surface area contributed by atoms with Gasteiger partial charge in [0.25, 0.3) is 0 Å². The Hall–Kier alpha value is -1.33. The minimum Gasteiger partial charge on any atom is -0.192 e. The van der Waals surface area contributed by atoms with Crippen LogP contribution in [0.4, 0.5) is 0 Å². The summed E-state index contributed by atoms with van der Waals surface area (Å²) in [5, 5.41) is 10.8. The molecule has 0 aromatic heterocycles. The summed E-state index contributed by atoms with van der Waals surface area (Å²) in [4.78, 5) is 0. The predicted octanol–water partition coefficient (Wildman–Crippen LogP) is 3.27. The monoisotopic (exact) mass is 230 g/mol. The number of nitriles is 1. The summed E-state index contributed by atoms with van der Waals surface area (Å²) in [5.41, 5.74) is 0.596. The highest BCUT2D eigenvalue weighted by Crippen LogP contribution is 2.22. The summed E-state index contributed by atoms with van der Waals surface area (Å²) in [6.45, 7) is 0. The van der Waals surface area contributed by atoms with E-state index in [1.165, 1.54) is 0 Å². The van der Waals surface area contributed by atoms with Crippen molar-refractivity contribution in [2.75, 3.05) is 0 Å². The Kier molecular flexibility index (Phi) is 2.03. The molecule has 0 aliphatic carbocycles. The van der Waals surface area contributed by atoms with Gasteiger partial charge in [-0.25, -0.2) is 0 Å². The van der Waals surface area contributed by atoms with Gasteiger partial charge in [0.1, 0.15) is 6.07 Å². The molecule has 61 valence electrons. The average molecular weight is 231 g/mol. The molecule has 0 saturated heterocycles. The van der Waals surface area contributed by atoms with Crippen LogP contribution in [-0.2, 0) is 0 Å². The zero-order valence-corrected chi connectivity index (χ0v) is 8.30. The fourth-order valence-corrected chi connectivity index (χ4v) is 1.64. The highest BCUT2D eigenvalue weighted by Gasteiger charge is 1.99. The van der Waals surface area contributed by atoms with E-state index >= 15 is 0 Å². The van der Waals surface area contributed by atoms with Crippen molar-refractivity contribution in [3.63, 3.8) is 0 Å². The first-order valence-corrected chi connectivity index (χ1v) is 4.60. The van der Waals surface area contributed by atoms with Crippen molar-refractivity contribution in [3.05, 3.63) is 46.4 Å². The van der Waals surface area contributed by atoms with E-state index in [4.69, 9.17) is 5.26 Å². The van der Waals surface area contributed by atoms with Crippen LogP contribution in [0.1, 0.15) is 5.56 Å². The molecule has 0 spiro atoms. The molecular weight excluding hydrogens is 226 g/mol. The van der Waals surface area contributed by atoms with Crippen LogP contribution >= 0.6 is 15.9 Å². The Bertz CT molecular complexity index is 497. The summed E-state index contributed by atoms with van der Waals surface area (Å²) in [5.74, 6) is 0. The van der Waals surface area contributed by atoms with Crippen molar-refractivity contribution >= 4 is 26.7 Å². The van der Waals surface area contributed by atoms with Crippen molar-refractivity contribution in [3.8, 4) is 6.07 Å². The molecule has 0 fully saturated rings. The number of fused-ring (bicyclic) bond motifs is 1. The zero-order chi connectivity index (χ0) is 9.26. The third-order valence-corrected chi connectivity index (χ3v) is 2.38. The molecule has 0 unspecified atom stereocenters. The third-order valence-electron chi connectivity index (χ3n) is 1.89. The lowest BCUT2D eigenvalue weighted by molar-refractivity contribution is 1.50. The van der Waals surface area contributed by atoms with Gasteiger partial charge in [0, 0.05) is 15.9 Å². The minimum atomic E-state index is 0.596. The van der Waals surface area contributed by atoms with E-state index in [0.717, 1.165) is 15.2 Å². The quantitative estimate of drug-likeness (QED) is 0.682. The molecule has 2 heteroatoms. The molecule has 0 amide bonds. The largest absolute Gasteiger partial charge is 0.192 e. The minimum absolute atomic E-state index is 0.596. The van der Waals surface area contributed by atoms with E-state index in [9.17, 15) is 0 Å². The van der Waals surface area contributed by atoms with Crippen molar-refractivity contribution in [1.82, 2.24) is 0 Å². The van der Waals surface area contributed by atoms with Gasteiger partial charge in [0.2, 0.25) is 0 Å². The Morgan fingerprint density at radius 2 is 2.15 bits per heavy atom. The summed E-state index contributed by atoms with van der Waals surface area (Å²) in [7, 11) is 0. The van der Waals surface area contributed by atoms with Crippen molar-refractivity contribution < 1.29 is 0 Å². The van der Waals surface area contributed by atoms with E-state index in [1.54, 1.807) is 6.07 Å². The maximum atomic E-state index is 8.83. The molecular formula is C11H5BrN. The maximum absolute atomic E-state index is 8.83. The molecule has 1 radical (unpaired) electrons. The van der Waals surface area contributed by atoms with Gasteiger partial charge in [-0.15, -0.1) is 0 Å². The van der Waals surface area contributed by atoms with Gasteiger partial charge < -0.3 is 0 Å². The van der Waals surface area contributed by atoms with Crippen LogP contribution in [0.15, 0.2) is 34.8 Å². The lowest BCUT2D eigenvalue weighted by Gasteiger charge is -1.99. The second-order valence-electron chi connectivity index (χ2n) is 2.70. The molecule has 0 N–H and O–H groups in total. The molecule has 0 aliphatic rings. The second kappa shape index (κ2) is 3.20. The SMILES string of the molecule is N#Cc1[c]ccc2ccc(Br)cc12. The first-order chi connectivity index (χ1) is 6.31. The Balaban J connectivity index is 2.89. The second-order valence-corrected chi connectivity index (χ2v) is 3.61. The summed E-state index contributed by atoms with van der Waals surface area (Å²) in [6.07, 6.45) is 0.